The summed E-state index contributed by atoms with van der Waals surface area (Å²) in [5, 5.41) is 3.42. The molecule has 4 fully saturated rings. The van der Waals surface area contributed by atoms with Crippen molar-refractivity contribution in [3.8, 4) is 0 Å². The highest BCUT2D eigenvalue weighted by Gasteiger charge is 2.49. The van der Waals surface area contributed by atoms with Gasteiger partial charge in [0.2, 0.25) is 0 Å². The van der Waals surface area contributed by atoms with E-state index in [0.29, 0.717) is 5.41 Å². The van der Waals surface area contributed by atoms with Crippen LogP contribution >= 0.6 is 0 Å². The minimum Gasteiger partial charge on any atom is -0.378 e. The SMILES string of the molecule is C1CN(C2COC2)CCC1N1CC2(CNC2)C1. The van der Waals surface area contributed by atoms with Crippen LogP contribution in [0.2, 0.25) is 0 Å². The molecule has 0 unspecified atom stereocenters. The number of hydrogen-bond donors (Lipinski definition) is 1. The zero-order chi connectivity index (χ0) is 11.3. The first kappa shape index (κ1) is 10.7. The Morgan fingerprint density at radius 2 is 1.65 bits per heavy atom. The van der Waals surface area contributed by atoms with Gasteiger partial charge in [0.1, 0.15) is 0 Å². The van der Waals surface area contributed by atoms with Gasteiger partial charge in [0.05, 0.1) is 19.3 Å². The Morgan fingerprint density at radius 3 is 2.12 bits per heavy atom. The standard InChI is InChI=1S/C13H23N3O/c1-3-15(12-5-17-6-12)4-2-11(1)16-9-13(10-16)7-14-8-13/h11-12,14H,1-10H2. The lowest BCUT2D eigenvalue weighted by atomic mass is 9.73. The molecule has 0 aliphatic carbocycles. The fourth-order valence-electron chi connectivity index (χ4n) is 3.83. The molecule has 96 valence electrons. The maximum atomic E-state index is 5.29. The summed E-state index contributed by atoms with van der Waals surface area (Å²) < 4.78 is 5.29. The minimum absolute atomic E-state index is 0.693. The molecule has 4 heteroatoms. The molecule has 4 aliphatic rings. The summed E-state index contributed by atoms with van der Waals surface area (Å²) in [7, 11) is 0. The van der Waals surface area contributed by atoms with Crippen LogP contribution in [0.3, 0.4) is 0 Å². The van der Waals surface area contributed by atoms with E-state index >= 15 is 0 Å². The van der Waals surface area contributed by atoms with Gasteiger partial charge < -0.3 is 10.1 Å². The lowest BCUT2D eigenvalue weighted by molar-refractivity contribution is -0.101. The van der Waals surface area contributed by atoms with E-state index in [0.717, 1.165) is 25.3 Å². The maximum absolute atomic E-state index is 5.29. The van der Waals surface area contributed by atoms with E-state index in [4.69, 9.17) is 4.74 Å². The molecule has 17 heavy (non-hydrogen) atoms. The van der Waals surface area contributed by atoms with Gasteiger partial charge in [-0.2, -0.15) is 0 Å². The first-order valence-corrected chi connectivity index (χ1v) is 7.11. The van der Waals surface area contributed by atoms with Gasteiger partial charge in [-0.25, -0.2) is 0 Å². The molecule has 0 amide bonds. The molecule has 4 aliphatic heterocycles. The summed E-state index contributed by atoms with van der Waals surface area (Å²) in [6.45, 7) is 9.78. The monoisotopic (exact) mass is 237 g/mol. The Balaban J connectivity index is 1.25. The average Bonchev–Trinajstić information content (AvgIpc) is 2.13. The topological polar surface area (TPSA) is 27.7 Å². The summed E-state index contributed by atoms with van der Waals surface area (Å²) >= 11 is 0. The van der Waals surface area contributed by atoms with Gasteiger partial charge in [0.15, 0.2) is 0 Å². The van der Waals surface area contributed by atoms with E-state index in [2.05, 4.69) is 15.1 Å². The Bertz CT molecular complexity index is 285. The van der Waals surface area contributed by atoms with E-state index in [1.54, 1.807) is 0 Å². The summed E-state index contributed by atoms with van der Waals surface area (Å²) in [6.07, 6.45) is 2.75. The number of likely N-dealkylation sites (tertiary alicyclic amines) is 2. The van der Waals surface area contributed by atoms with Crippen molar-refractivity contribution in [2.24, 2.45) is 5.41 Å². The van der Waals surface area contributed by atoms with Gasteiger partial charge in [-0.1, -0.05) is 0 Å². The third-order valence-corrected chi connectivity index (χ3v) is 5.23. The Labute approximate surface area is 103 Å². The molecule has 0 saturated carbocycles. The molecule has 4 saturated heterocycles. The lowest BCUT2D eigenvalue weighted by Crippen LogP contribution is -2.73. The summed E-state index contributed by atoms with van der Waals surface area (Å²) in [5.74, 6) is 0. The van der Waals surface area contributed by atoms with Crippen molar-refractivity contribution in [2.45, 2.75) is 24.9 Å². The molecule has 0 radical (unpaired) electrons. The van der Waals surface area contributed by atoms with E-state index in [9.17, 15) is 0 Å². The van der Waals surface area contributed by atoms with Gasteiger partial charge in [-0.3, -0.25) is 9.80 Å². The van der Waals surface area contributed by atoms with Crippen molar-refractivity contribution >= 4 is 0 Å². The molecule has 0 bridgehead atoms. The molecule has 1 spiro atoms. The zero-order valence-corrected chi connectivity index (χ0v) is 10.5. The number of ether oxygens (including phenoxy) is 1. The summed E-state index contributed by atoms with van der Waals surface area (Å²) in [5.41, 5.74) is 0.693. The minimum atomic E-state index is 0.693. The van der Waals surface area contributed by atoms with Crippen molar-refractivity contribution in [1.29, 1.82) is 0 Å². The number of nitrogens with one attached hydrogen (secondary N) is 1. The van der Waals surface area contributed by atoms with Gasteiger partial charge in [-0.05, 0) is 12.8 Å². The van der Waals surface area contributed by atoms with Crippen molar-refractivity contribution in [3.05, 3.63) is 0 Å². The van der Waals surface area contributed by atoms with Crippen LogP contribution in [0.5, 0.6) is 0 Å². The Kier molecular flexibility index (Phi) is 2.47. The van der Waals surface area contributed by atoms with Gasteiger partial charge in [0, 0.05) is 50.7 Å². The fourth-order valence-corrected chi connectivity index (χ4v) is 3.83. The molecule has 0 atom stereocenters. The van der Waals surface area contributed by atoms with E-state index in [1.807, 2.05) is 0 Å². The normalized spacial score (nSPS) is 35.3. The van der Waals surface area contributed by atoms with Crippen LogP contribution in [0.15, 0.2) is 0 Å². The smallest absolute Gasteiger partial charge is 0.0645 e. The molecule has 4 nitrogen and oxygen atoms in total. The highest BCUT2D eigenvalue weighted by atomic mass is 16.5. The highest BCUT2D eigenvalue weighted by Crippen LogP contribution is 2.37. The predicted octanol–water partition coefficient (Wildman–Crippen LogP) is -0.245. The summed E-state index contributed by atoms with van der Waals surface area (Å²) in [4.78, 5) is 5.37. The quantitative estimate of drug-likeness (QED) is 0.717. The molecule has 0 aromatic rings. The third kappa shape index (κ3) is 1.73. The van der Waals surface area contributed by atoms with Crippen molar-refractivity contribution in [1.82, 2.24) is 15.1 Å². The fraction of sp³-hybridized carbons (Fsp3) is 1.00. The first-order valence-electron chi connectivity index (χ1n) is 7.11. The van der Waals surface area contributed by atoms with Crippen LogP contribution < -0.4 is 5.32 Å². The first-order chi connectivity index (χ1) is 8.35. The van der Waals surface area contributed by atoms with Crippen molar-refractivity contribution in [3.63, 3.8) is 0 Å². The van der Waals surface area contributed by atoms with Crippen LogP contribution in [0.1, 0.15) is 12.8 Å². The second kappa shape index (κ2) is 3.92. The van der Waals surface area contributed by atoms with Crippen LogP contribution in [0.25, 0.3) is 0 Å². The van der Waals surface area contributed by atoms with E-state index in [1.165, 1.54) is 52.1 Å². The second-order valence-corrected chi connectivity index (χ2v) is 6.47. The maximum Gasteiger partial charge on any atom is 0.0645 e. The van der Waals surface area contributed by atoms with Gasteiger partial charge in [-0.15, -0.1) is 0 Å². The Morgan fingerprint density at radius 1 is 0.941 bits per heavy atom. The van der Waals surface area contributed by atoms with Crippen molar-refractivity contribution < 1.29 is 4.74 Å². The van der Waals surface area contributed by atoms with Crippen LogP contribution in [0.4, 0.5) is 0 Å². The second-order valence-electron chi connectivity index (χ2n) is 6.47. The van der Waals surface area contributed by atoms with Crippen molar-refractivity contribution in [2.75, 3.05) is 52.5 Å². The van der Waals surface area contributed by atoms with Crippen LogP contribution in [-0.2, 0) is 4.74 Å². The molecule has 4 heterocycles. The van der Waals surface area contributed by atoms with Gasteiger partial charge in [0.25, 0.3) is 0 Å². The molecule has 4 rings (SSSR count). The molecule has 0 aromatic heterocycles. The number of rotatable bonds is 2. The number of piperidine rings is 1. The molecular weight excluding hydrogens is 214 g/mol. The average molecular weight is 237 g/mol. The van der Waals surface area contributed by atoms with Gasteiger partial charge >= 0.3 is 0 Å². The zero-order valence-electron chi connectivity index (χ0n) is 10.5. The number of nitrogens with zero attached hydrogens (tertiary/aromatic N) is 2. The van der Waals surface area contributed by atoms with Crippen LogP contribution in [0, 0.1) is 5.41 Å². The predicted molar refractivity (Wildman–Crippen MR) is 66.1 cm³/mol. The highest BCUT2D eigenvalue weighted by molar-refractivity contribution is 5.06. The molecule has 0 aromatic carbocycles. The van der Waals surface area contributed by atoms with E-state index < -0.39 is 0 Å². The largest absolute Gasteiger partial charge is 0.378 e. The Hall–Kier alpha value is -0.160. The summed E-state index contributed by atoms with van der Waals surface area (Å²) in [6, 6.07) is 1.62. The molecule has 1 N–H and O–H groups in total. The molecular formula is C13H23N3O. The third-order valence-electron chi connectivity index (χ3n) is 5.23. The van der Waals surface area contributed by atoms with Crippen LogP contribution in [-0.4, -0.2) is 74.4 Å². The lowest BCUT2D eigenvalue weighted by Gasteiger charge is -2.59. The number of hydrogen-bond acceptors (Lipinski definition) is 4. The van der Waals surface area contributed by atoms with E-state index in [-0.39, 0.29) is 0 Å².